The topological polar surface area (TPSA) is 106 Å². The number of benzene rings is 2. The van der Waals surface area contributed by atoms with Gasteiger partial charge in [-0.15, -0.1) is 11.3 Å². The van der Waals surface area contributed by atoms with E-state index in [0.717, 1.165) is 21.8 Å². The lowest BCUT2D eigenvalue weighted by Crippen LogP contribution is -2.34. The second kappa shape index (κ2) is 8.50. The molecule has 0 aliphatic carbocycles. The van der Waals surface area contributed by atoms with Gasteiger partial charge in [-0.2, -0.15) is 5.26 Å². The smallest absolute Gasteiger partial charge is 0.265 e. The van der Waals surface area contributed by atoms with Crippen molar-refractivity contribution < 1.29 is 19.1 Å². The summed E-state index contributed by atoms with van der Waals surface area (Å²) >= 11 is 1.16. The number of anilines is 1. The molecule has 1 atom stereocenters. The van der Waals surface area contributed by atoms with Crippen molar-refractivity contribution in [3.05, 3.63) is 76.2 Å². The van der Waals surface area contributed by atoms with E-state index in [2.05, 4.69) is 6.07 Å². The van der Waals surface area contributed by atoms with Crippen molar-refractivity contribution in [3.63, 3.8) is 0 Å². The van der Waals surface area contributed by atoms with Crippen LogP contribution >= 0.6 is 11.3 Å². The fraction of sp³-hybridized carbons (Fsp3) is 0.174. The van der Waals surface area contributed by atoms with Gasteiger partial charge in [0.05, 0.1) is 41.8 Å². The molecule has 1 aromatic heterocycles. The maximum Gasteiger partial charge on any atom is 0.265 e. The molecule has 0 saturated carbocycles. The molecule has 1 aliphatic heterocycles. The van der Waals surface area contributed by atoms with Gasteiger partial charge in [-0.3, -0.25) is 14.5 Å². The highest BCUT2D eigenvalue weighted by atomic mass is 32.1. The summed E-state index contributed by atoms with van der Waals surface area (Å²) in [7, 11) is 1.51. The molecule has 2 aromatic carbocycles. The number of imide groups is 1. The molecule has 0 spiro atoms. The maximum absolute atomic E-state index is 12.9. The van der Waals surface area contributed by atoms with Crippen LogP contribution in [0.4, 0.5) is 5.00 Å². The third kappa shape index (κ3) is 3.71. The minimum Gasteiger partial charge on any atom is -0.493 e. The van der Waals surface area contributed by atoms with E-state index in [1.807, 2.05) is 30.3 Å². The third-order valence-electron chi connectivity index (χ3n) is 5.11. The number of nitrogens with zero attached hydrogens (tertiary/aromatic N) is 2. The Morgan fingerprint density at radius 1 is 1.13 bits per heavy atom. The van der Waals surface area contributed by atoms with E-state index in [-0.39, 0.29) is 17.5 Å². The zero-order chi connectivity index (χ0) is 22.0. The number of ether oxygens (including phenoxy) is 2. The van der Waals surface area contributed by atoms with Gasteiger partial charge in [-0.1, -0.05) is 36.4 Å². The van der Waals surface area contributed by atoms with Crippen LogP contribution in [0, 0.1) is 11.3 Å². The van der Waals surface area contributed by atoms with Gasteiger partial charge in [0.1, 0.15) is 6.61 Å². The number of thiophene rings is 1. The number of fused-ring (bicyclic) bond motifs is 1. The van der Waals surface area contributed by atoms with Crippen molar-refractivity contribution in [2.24, 2.45) is 0 Å². The lowest BCUT2D eigenvalue weighted by molar-refractivity contribution is 0.0584. The summed E-state index contributed by atoms with van der Waals surface area (Å²) < 4.78 is 11.3. The van der Waals surface area contributed by atoms with Crippen LogP contribution in [0.15, 0.2) is 53.9 Å². The molecule has 1 aliphatic rings. The molecule has 31 heavy (non-hydrogen) atoms. The Labute approximate surface area is 183 Å². The first-order valence-corrected chi connectivity index (χ1v) is 10.4. The van der Waals surface area contributed by atoms with Gasteiger partial charge in [0.15, 0.2) is 11.5 Å². The molecule has 2 amide bonds. The summed E-state index contributed by atoms with van der Waals surface area (Å²) in [6.45, 7) is 0.362. The molecule has 156 valence electrons. The van der Waals surface area contributed by atoms with E-state index in [4.69, 9.17) is 15.2 Å². The molecule has 8 heteroatoms. The SMILES string of the molecule is COc1cc(C(CC#N)N2C(=O)c3csc(N)c3C2=O)ccc1OCc1ccccc1. The van der Waals surface area contributed by atoms with Crippen molar-refractivity contribution >= 4 is 28.2 Å². The average Bonchev–Trinajstić information content (AvgIpc) is 3.29. The highest BCUT2D eigenvalue weighted by molar-refractivity contribution is 7.14. The number of hydrogen-bond acceptors (Lipinski definition) is 7. The number of carbonyl (C=O) groups excluding carboxylic acids is 2. The predicted octanol–water partition coefficient (Wildman–Crippen LogP) is 4.17. The lowest BCUT2D eigenvalue weighted by Gasteiger charge is -2.25. The molecular formula is C23H19N3O4S. The molecule has 2 heterocycles. The zero-order valence-corrected chi connectivity index (χ0v) is 17.5. The van der Waals surface area contributed by atoms with E-state index < -0.39 is 17.9 Å². The number of rotatable bonds is 7. The van der Waals surface area contributed by atoms with E-state index >= 15 is 0 Å². The first-order chi connectivity index (χ1) is 15.0. The van der Waals surface area contributed by atoms with Gasteiger partial charge in [0.2, 0.25) is 0 Å². The van der Waals surface area contributed by atoms with Crippen LogP contribution in [-0.2, 0) is 6.61 Å². The molecule has 4 rings (SSSR count). The third-order valence-corrected chi connectivity index (χ3v) is 5.92. The Balaban J connectivity index is 1.62. The van der Waals surface area contributed by atoms with Gasteiger partial charge in [-0.25, -0.2) is 0 Å². The molecule has 0 fully saturated rings. The fourth-order valence-corrected chi connectivity index (χ4v) is 4.35. The maximum atomic E-state index is 12.9. The minimum atomic E-state index is -0.765. The van der Waals surface area contributed by atoms with E-state index in [1.165, 1.54) is 7.11 Å². The van der Waals surface area contributed by atoms with E-state index in [1.54, 1.807) is 23.6 Å². The Kier molecular flexibility index (Phi) is 5.60. The highest BCUT2D eigenvalue weighted by Gasteiger charge is 2.43. The second-order valence-electron chi connectivity index (χ2n) is 6.93. The first-order valence-electron chi connectivity index (χ1n) is 9.51. The normalized spacial score (nSPS) is 13.6. The largest absolute Gasteiger partial charge is 0.493 e. The van der Waals surface area contributed by atoms with Crippen LogP contribution < -0.4 is 15.2 Å². The molecule has 0 radical (unpaired) electrons. The highest BCUT2D eigenvalue weighted by Crippen LogP contribution is 2.40. The first kappa shape index (κ1) is 20.4. The zero-order valence-electron chi connectivity index (χ0n) is 16.7. The summed E-state index contributed by atoms with van der Waals surface area (Å²) in [4.78, 5) is 26.9. The monoisotopic (exact) mass is 433 g/mol. The predicted molar refractivity (Wildman–Crippen MR) is 116 cm³/mol. The van der Waals surface area contributed by atoms with Gasteiger partial charge < -0.3 is 15.2 Å². The van der Waals surface area contributed by atoms with Gasteiger partial charge in [0.25, 0.3) is 11.8 Å². The summed E-state index contributed by atoms with van der Waals surface area (Å²) in [5, 5.41) is 11.2. The van der Waals surface area contributed by atoms with Crippen molar-refractivity contribution in [2.45, 2.75) is 19.1 Å². The lowest BCUT2D eigenvalue weighted by atomic mass is 10.0. The minimum absolute atomic E-state index is 0.0571. The van der Waals surface area contributed by atoms with E-state index in [9.17, 15) is 14.9 Å². The summed E-state index contributed by atoms with van der Waals surface area (Å²) in [5.74, 6) is 0.0379. The van der Waals surface area contributed by atoms with Gasteiger partial charge >= 0.3 is 0 Å². The summed E-state index contributed by atoms with van der Waals surface area (Å²) in [5.41, 5.74) is 7.99. The molecule has 2 N–H and O–H groups in total. The summed E-state index contributed by atoms with van der Waals surface area (Å²) in [6, 6.07) is 16.2. The van der Waals surface area contributed by atoms with Crippen LogP contribution in [0.25, 0.3) is 0 Å². The van der Waals surface area contributed by atoms with Crippen LogP contribution in [-0.4, -0.2) is 23.8 Å². The molecule has 0 saturated heterocycles. The number of nitrogen functional groups attached to an aromatic ring is 1. The van der Waals surface area contributed by atoms with Gasteiger partial charge in [-0.05, 0) is 23.3 Å². The molecule has 1 unspecified atom stereocenters. The molecule has 3 aromatic rings. The second-order valence-corrected chi connectivity index (χ2v) is 7.84. The van der Waals surface area contributed by atoms with Crippen LogP contribution in [0.1, 0.15) is 44.3 Å². The van der Waals surface area contributed by atoms with Crippen molar-refractivity contribution in [3.8, 4) is 17.6 Å². The number of nitriles is 1. The summed E-state index contributed by atoms with van der Waals surface area (Å²) in [6.07, 6.45) is -0.0571. The number of carbonyl (C=O) groups is 2. The Bertz CT molecular complexity index is 1180. The van der Waals surface area contributed by atoms with E-state index in [0.29, 0.717) is 28.7 Å². The van der Waals surface area contributed by atoms with Crippen LogP contribution in [0.2, 0.25) is 0 Å². The molecule has 7 nitrogen and oxygen atoms in total. The quantitative estimate of drug-likeness (QED) is 0.561. The fourth-order valence-electron chi connectivity index (χ4n) is 3.57. The number of hydrogen-bond donors (Lipinski definition) is 1. The standard InChI is InChI=1S/C23H19N3O4S/c1-29-19-11-15(7-8-18(19)30-12-14-5-3-2-4-6-14)17(9-10-24)26-22(27)16-13-31-21(25)20(16)23(26)28/h2-8,11,13,17H,9,12,25H2,1H3. The Hall–Kier alpha value is -3.83. The molecular weight excluding hydrogens is 414 g/mol. The Morgan fingerprint density at radius 2 is 1.90 bits per heavy atom. The van der Waals surface area contributed by atoms with Crippen molar-refractivity contribution in [1.82, 2.24) is 4.90 Å². The number of amides is 2. The van der Waals surface area contributed by atoms with Gasteiger partial charge in [0, 0.05) is 5.38 Å². The number of methoxy groups -OCH3 is 1. The average molecular weight is 433 g/mol. The number of nitrogens with two attached hydrogens (primary N) is 1. The van der Waals surface area contributed by atoms with Crippen LogP contribution in [0.3, 0.4) is 0 Å². The van der Waals surface area contributed by atoms with Crippen molar-refractivity contribution in [2.75, 3.05) is 12.8 Å². The Morgan fingerprint density at radius 3 is 2.58 bits per heavy atom. The van der Waals surface area contributed by atoms with Crippen molar-refractivity contribution in [1.29, 1.82) is 5.26 Å². The molecule has 0 bridgehead atoms. The van der Waals surface area contributed by atoms with Crippen LogP contribution in [0.5, 0.6) is 11.5 Å².